The van der Waals surface area contributed by atoms with Crippen LogP contribution in [0.3, 0.4) is 0 Å². The van der Waals surface area contributed by atoms with Gasteiger partial charge in [-0.2, -0.15) is 0 Å². The molecule has 0 aliphatic heterocycles. The largest absolute Gasteiger partial charge is 0.344 e. The van der Waals surface area contributed by atoms with Gasteiger partial charge < -0.3 is 10.2 Å². The molecule has 1 aromatic carbocycles. The SMILES string of the molecule is CNCCN(C)C(=O)CCC(=O)c1ccc(F)cc1F.Cl. The van der Waals surface area contributed by atoms with E-state index in [2.05, 4.69) is 5.32 Å². The molecule has 0 radical (unpaired) electrons. The van der Waals surface area contributed by atoms with Crippen LogP contribution in [0.15, 0.2) is 18.2 Å². The molecule has 0 bridgehead atoms. The molecule has 0 spiro atoms. The number of likely N-dealkylation sites (N-methyl/N-ethyl adjacent to an activating group) is 2. The van der Waals surface area contributed by atoms with Crippen LogP contribution in [0.1, 0.15) is 23.2 Å². The lowest BCUT2D eigenvalue weighted by Crippen LogP contribution is -2.32. The summed E-state index contributed by atoms with van der Waals surface area (Å²) in [7, 11) is 3.42. The van der Waals surface area contributed by atoms with Crippen LogP contribution in [-0.2, 0) is 4.79 Å². The number of carbonyl (C=O) groups is 2. The fourth-order valence-corrected chi connectivity index (χ4v) is 1.67. The summed E-state index contributed by atoms with van der Waals surface area (Å²) in [6, 6.07) is 2.79. The molecular formula is C14H19ClF2N2O2. The predicted molar refractivity (Wildman–Crippen MR) is 78.7 cm³/mol. The Labute approximate surface area is 128 Å². The van der Waals surface area contributed by atoms with Gasteiger partial charge in [-0.1, -0.05) is 0 Å². The Hall–Kier alpha value is -1.53. The maximum Gasteiger partial charge on any atom is 0.222 e. The lowest BCUT2D eigenvalue weighted by Gasteiger charge is -2.16. The Morgan fingerprint density at radius 1 is 1.24 bits per heavy atom. The highest BCUT2D eigenvalue weighted by Crippen LogP contribution is 2.13. The molecule has 0 aromatic heterocycles. The molecule has 4 nitrogen and oxygen atoms in total. The first-order valence-electron chi connectivity index (χ1n) is 6.32. The highest BCUT2D eigenvalue weighted by Gasteiger charge is 2.15. The Morgan fingerprint density at radius 2 is 1.90 bits per heavy atom. The number of hydrogen-bond donors (Lipinski definition) is 1. The summed E-state index contributed by atoms with van der Waals surface area (Å²) < 4.78 is 26.1. The van der Waals surface area contributed by atoms with Crippen molar-refractivity contribution in [3.63, 3.8) is 0 Å². The van der Waals surface area contributed by atoms with E-state index in [1.54, 1.807) is 14.1 Å². The van der Waals surface area contributed by atoms with Crippen molar-refractivity contribution in [1.29, 1.82) is 0 Å². The Bertz CT molecular complexity index is 498. The molecule has 1 aromatic rings. The molecule has 21 heavy (non-hydrogen) atoms. The zero-order valence-electron chi connectivity index (χ0n) is 12.0. The summed E-state index contributed by atoms with van der Waals surface area (Å²) in [6.45, 7) is 1.19. The average Bonchev–Trinajstić information content (AvgIpc) is 2.41. The van der Waals surface area contributed by atoms with Crippen molar-refractivity contribution in [1.82, 2.24) is 10.2 Å². The Morgan fingerprint density at radius 3 is 2.48 bits per heavy atom. The minimum absolute atomic E-state index is 0. The molecule has 0 aliphatic rings. The normalized spacial score (nSPS) is 9.90. The maximum absolute atomic E-state index is 13.4. The summed E-state index contributed by atoms with van der Waals surface area (Å²) >= 11 is 0. The quantitative estimate of drug-likeness (QED) is 0.782. The molecule has 118 valence electrons. The summed E-state index contributed by atoms with van der Waals surface area (Å²) in [6.07, 6.45) is -0.0822. The molecule has 0 saturated heterocycles. The van der Waals surface area contributed by atoms with Crippen LogP contribution in [0.2, 0.25) is 0 Å². The van der Waals surface area contributed by atoms with E-state index in [-0.39, 0.29) is 36.7 Å². The van der Waals surface area contributed by atoms with Gasteiger partial charge >= 0.3 is 0 Å². The van der Waals surface area contributed by atoms with Gasteiger partial charge in [0.05, 0.1) is 5.56 Å². The van der Waals surface area contributed by atoms with E-state index in [0.29, 0.717) is 19.2 Å². The number of ketones is 1. The number of hydrogen-bond acceptors (Lipinski definition) is 3. The number of nitrogens with zero attached hydrogens (tertiary/aromatic N) is 1. The van der Waals surface area contributed by atoms with Gasteiger partial charge in [0, 0.05) is 39.0 Å². The van der Waals surface area contributed by atoms with Crippen molar-refractivity contribution in [3.05, 3.63) is 35.4 Å². The lowest BCUT2D eigenvalue weighted by molar-refractivity contribution is -0.129. The van der Waals surface area contributed by atoms with Gasteiger partial charge in [-0.25, -0.2) is 8.78 Å². The number of amides is 1. The standard InChI is InChI=1S/C14H18F2N2O2.ClH/c1-17-7-8-18(2)14(20)6-5-13(19)11-4-3-10(15)9-12(11)16;/h3-4,9,17H,5-8H2,1-2H3;1H. The van der Waals surface area contributed by atoms with Crippen LogP contribution in [0.5, 0.6) is 0 Å². The average molecular weight is 321 g/mol. The molecule has 0 saturated carbocycles. The molecule has 0 fully saturated rings. The van der Waals surface area contributed by atoms with Crippen molar-refractivity contribution in [2.45, 2.75) is 12.8 Å². The van der Waals surface area contributed by atoms with E-state index in [4.69, 9.17) is 0 Å². The number of rotatable bonds is 7. The molecule has 1 amide bonds. The zero-order valence-corrected chi connectivity index (χ0v) is 12.8. The zero-order chi connectivity index (χ0) is 15.1. The minimum Gasteiger partial charge on any atom is -0.344 e. The molecular weight excluding hydrogens is 302 g/mol. The smallest absolute Gasteiger partial charge is 0.222 e. The van der Waals surface area contributed by atoms with Crippen molar-refractivity contribution in [3.8, 4) is 0 Å². The third kappa shape index (κ3) is 6.18. The molecule has 0 unspecified atom stereocenters. The van der Waals surface area contributed by atoms with E-state index >= 15 is 0 Å². The topological polar surface area (TPSA) is 49.4 Å². The van der Waals surface area contributed by atoms with Crippen molar-refractivity contribution in [2.75, 3.05) is 27.2 Å². The number of halogens is 3. The maximum atomic E-state index is 13.4. The molecule has 1 N–H and O–H groups in total. The van der Waals surface area contributed by atoms with E-state index in [9.17, 15) is 18.4 Å². The number of carbonyl (C=O) groups excluding carboxylic acids is 2. The predicted octanol–water partition coefficient (Wildman–Crippen LogP) is 2.03. The van der Waals surface area contributed by atoms with Crippen molar-refractivity contribution >= 4 is 24.1 Å². The first-order chi connectivity index (χ1) is 9.45. The Kier molecular flexibility index (Phi) is 8.73. The van der Waals surface area contributed by atoms with Gasteiger partial charge in [0.2, 0.25) is 5.91 Å². The summed E-state index contributed by atoms with van der Waals surface area (Å²) in [4.78, 5) is 25.0. The second-order valence-corrected chi connectivity index (χ2v) is 4.47. The van der Waals surface area contributed by atoms with Gasteiger partial charge in [-0.15, -0.1) is 12.4 Å². The van der Waals surface area contributed by atoms with Crippen molar-refractivity contribution < 1.29 is 18.4 Å². The van der Waals surface area contributed by atoms with Gasteiger partial charge in [0.25, 0.3) is 0 Å². The van der Waals surface area contributed by atoms with Gasteiger partial charge in [-0.05, 0) is 19.2 Å². The van der Waals surface area contributed by atoms with E-state index in [0.717, 1.165) is 12.1 Å². The highest BCUT2D eigenvalue weighted by molar-refractivity contribution is 5.98. The van der Waals surface area contributed by atoms with Crippen LogP contribution in [-0.4, -0.2) is 43.8 Å². The molecule has 0 atom stereocenters. The number of nitrogens with one attached hydrogen (secondary N) is 1. The van der Waals surface area contributed by atoms with E-state index < -0.39 is 17.4 Å². The second kappa shape index (κ2) is 9.41. The fourth-order valence-electron chi connectivity index (χ4n) is 1.67. The molecule has 0 heterocycles. The summed E-state index contributed by atoms with van der Waals surface area (Å²) in [5, 5.41) is 2.91. The monoisotopic (exact) mass is 320 g/mol. The van der Waals surface area contributed by atoms with Crippen LogP contribution in [0.4, 0.5) is 8.78 Å². The summed E-state index contributed by atoms with van der Waals surface area (Å²) in [5.41, 5.74) is -0.183. The molecule has 7 heteroatoms. The first kappa shape index (κ1) is 19.5. The third-order valence-electron chi connectivity index (χ3n) is 2.92. The summed E-state index contributed by atoms with van der Waals surface area (Å²) in [5.74, 6) is -2.32. The highest BCUT2D eigenvalue weighted by atomic mass is 35.5. The van der Waals surface area contributed by atoms with Crippen LogP contribution in [0.25, 0.3) is 0 Å². The van der Waals surface area contributed by atoms with Gasteiger partial charge in [0.1, 0.15) is 11.6 Å². The molecule has 1 rings (SSSR count). The second-order valence-electron chi connectivity index (χ2n) is 4.47. The van der Waals surface area contributed by atoms with Gasteiger partial charge in [-0.3, -0.25) is 9.59 Å². The lowest BCUT2D eigenvalue weighted by atomic mass is 10.1. The third-order valence-corrected chi connectivity index (χ3v) is 2.92. The van der Waals surface area contributed by atoms with E-state index in [1.807, 2.05) is 0 Å². The first-order valence-corrected chi connectivity index (χ1v) is 6.32. The Balaban J connectivity index is 0.00000400. The van der Waals surface area contributed by atoms with Crippen LogP contribution >= 0.6 is 12.4 Å². The van der Waals surface area contributed by atoms with Crippen molar-refractivity contribution in [2.24, 2.45) is 0 Å². The fraction of sp³-hybridized carbons (Fsp3) is 0.429. The minimum atomic E-state index is -0.897. The number of benzene rings is 1. The van der Waals surface area contributed by atoms with Crippen LogP contribution < -0.4 is 5.32 Å². The van der Waals surface area contributed by atoms with Crippen LogP contribution in [0, 0.1) is 11.6 Å². The molecule has 0 aliphatic carbocycles. The number of Topliss-reactive ketones (excluding diaryl/α,β-unsaturated/α-hetero) is 1. The van der Waals surface area contributed by atoms with Gasteiger partial charge in [0.15, 0.2) is 5.78 Å². The van der Waals surface area contributed by atoms with E-state index in [1.165, 1.54) is 4.90 Å².